The highest BCUT2D eigenvalue weighted by Crippen LogP contribution is 2.27. The van der Waals surface area contributed by atoms with Crippen molar-refractivity contribution in [2.75, 3.05) is 17.2 Å². The number of carbonyl (C=O) groups is 1. The minimum absolute atomic E-state index is 0.235. The number of aromatic nitrogens is 1. The summed E-state index contributed by atoms with van der Waals surface area (Å²) < 4.78 is 0. The number of amides is 2. The maximum absolute atomic E-state index is 12.1. The second-order valence-corrected chi connectivity index (χ2v) is 7.45. The second kappa shape index (κ2) is 10.8. The van der Waals surface area contributed by atoms with Crippen molar-refractivity contribution >= 4 is 17.4 Å². The lowest BCUT2D eigenvalue weighted by Crippen LogP contribution is -2.28. The molecule has 0 aliphatic rings. The van der Waals surface area contributed by atoms with Crippen LogP contribution in [0.1, 0.15) is 11.1 Å². The third-order valence-electron chi connectivity index (χ3n) is 5.13. The Hall–Kier alpha value is -4.12. The van der Waals surface area contributed by atoms with Gasteiger partial charge in [0.05, 0.1) is 0 Å². The van der Waals surface area contributed by atoms with Crippen molar-refractivity contribution in [3.8, 4) is 11.1 Å². The van der Waals surface area contributed by atoms with Crippen molar-refractivity contribution in [3.63, 3.8) is 0 Å². The molecule has 0 spiro atoms. The molecule has 160 valence electrons. The third-order valence-corrected chi connectivity index (χ3v) is 5.13. The van der Waals surface area contributed by atoms with Crippen LogP contribution in [0.2, 0.25) is 0 Å². The summed E-state index contributed by atoms with van der Waals surface area (Å²) in [6.07, 6.45) is 4.33. The summed E-state index contributed by atoms with van der Waals surface area (Å²) in [6.45, 7) is 1.26. The predicted molar refractivity (Wildman–Crippen MR) is 131 cm³/mol. The highest BCUT2D eigenvalue weighted by atomic mass is 16.2. The summed E-state index contributed by atoms with van der Waals surface area (Å²) in [7, 11) is 0. The molecule has 32 heavy (non-hydrogen) atoms. The average molecular weight is 423 g/mol. The van der Waals surface area contributed by atoms with Crippen LogP contribution in [-0.4, -0.2) is 17.6 Å². The maximum Gasteiger partial charge on any atom is 0.319 e. The van der Waals surface area contributed by atoms with Gasteiger partial charge in [0.25, 0.3) is 0 Å². The molecule has 0 bridgehead atoms. The number of nitrogens with zero attached hydrogens (tertiary/aromatic N) is 1. The number of hydrogen-bond acceptors (Lipinski definition) is 3. The number of benzene rings is 3. The van der Waals surface area contributed by atoms with Crippen molar-refractivity contribution in [2.45, 2.75) is 13.0 Å². The Bertz CT molecular complexity index is 1130. The lowest BCUT2D eigenvalue weighted by Gasteiger charge is -2.13. The van der Waals surface area contributed by atoms with E-state index in [0.29, 0.717) is 6.54 Å². The van der Waals surface area contributed by atoms with E-state index in [1.165, 1.54) is 16.7 Å². The molecule has 0 saturated heterocycles. The first-order valence-corrected chi connectivity index (χ1v) is 10.7. The summed E-state index contributed by atoms with van der Waals surface area (Å²) in [4.78, 5) is 16.1. The molecule has 0 unspecified atom stereocenters. The van der Waals surface area contributed by atoms with E-state index in [9.17, 15) is 4.79 Å². The lowest BCUT2D eigenvalue weighted by atomic mass is 10.0. The van der Waals surface area contributed by atoms with Gasteiger partial charge < -0.3 is 16.0 Å². The molecule has 0 aliphatic heterocycles. The Kier molecular flexibility index (Phi) is 7.11. The number of pyridine rings is 1. The van der Waals surface area contributed by atoms with Crippen LogP contribution in [-0.2, 0) is 13.0 Å². The van der Waals surface area contributed by atoms with Gasteiger partial charge in [0.1, 0.15) is 0 Å². The van der Waals surface area contributed by atoms with E-state index in [1.54, 1.807) is 12.4 Å². The van der Waals surface area contributed by atoms with Gasteiger partial charge in [0.15, 0.2) is 0 Å². The van der Waals surface area contributed by atoms with E-state index in [2.05, 4.69) is 69.5 Å². The number of urea groups is 1. The lowest BCUT2D eigenvalue weighted by molar-refractivity contribution is 0.251. The molecular formula is C27H26N4O. The molecule has 4 rings (SSSR count). The molecule has 0 fully saturated rings. The van der Waals surface area contributed by atoms with Crippen molar-refractivity contribution in [3.05, 3.63) is 115 Å². The Balaban J connectivity index is 1.26. The Morgan fingerprint density at radius 3 is 2.34 bits per heavy atom. The highest BCUT2D eigenvalue weighted by Gasteiger charge is 2.05. The zero-order valence-corrected chi connectivity index (χ0v) is 17.8. The van der Waals surface area contributed by atoms with Crippen LogP contribution in [0.15, 0.2) is 103 Å². The van der Waals surface area contributed by atoms with E-state index in [0.717, 1.165) is 29.9 Å². The SMILES string of the molecule is O=C(NCc1cccnc1)Nc1ccc(CCNc2ccccc2-c2ccccc2)cc1. The predicted octanol–water partition coefficient (Wildman–Crippen LogP) is 5.72. The summed E-state index contributed by atoms with van der Waals surface area (Å²) in [5.74, 6) is 0. The van der Waals surface area contributed by atoms with Gasteiger partial charge in [-0.1, -0.05) is 66.7 Å². The normalized spacial score (nSPS) is 10.4. The number of carbonyl (C=O) groups excluding carboxylic acids is 1. The molecule has 0 radical (unpaired) electrons. The zero-order valence-electron chi connectivity index (χ0n) is 17.8. The van der Waals surface area contributed by atoms with Gasteiger partial charge in [0, 0.05) is 42.4 Å². The monoisotopic (exact) mass is 422 g/mol. The molecule has 5 heteroatoms. The van der Waals surface area contributed by atoms with Gasteiger partial charge in [-0.15, -0.1) is 0 Å². The van der Waals surface area contributed by atoms with Gasteiger partial charge in [0.2, 0.25) is 0 Å². The fraction of sp³-hybridized carbons (Fsp3) is 0.111. The molecule has 0 saturated carbocycles. The molecule has 3 N–H and O–H groups in total. The zero-order chi connectivity index (χ0) is 22.0. The summed E-state index contributed by atoms with van der Waals surface area (Å²) in [6, 6.07) is 30.2. The first-order chi connectivity index (χ1) is 15.8. The van der Waals surface area contributed by atoms with E-state index in [-0.39, 0.29) is 6.03 Å². The van der Waals surface area contributed by atoms with Gasteiger partial charge in [-0.25, -0.2) is 4.79 Å². The summed E-state index contributed by atoms with van der Waals surface area (Å²) >= 11 is 0. The number of hydrogen-bond donors (Lipinski definition) is 3. The third kappa shape index (κ3) is 5.95. The van der Waals surface area contributed by atoms with Crippen LogP contribution in [0, 0.1) is 0 Å². The second-order valence-electron chi connectivity index (χ2n) is 7.45. The van der Waals surface area contributed by atoms with Gasteiger partial charge in [-0.3, -0.25) is 4.98 Å². The van der Waals surface area contributed by atoms with Crippen LogP contribution in [0.4, 0.5) is 16.2 Å². The van der Waals surface area contributed by atoms with Crippen molar-refractivity contribution in [1.29, 1.82) is 0 Å². The first kappa shape index (κ1) is 21.1. The smallest absolute Gasteiger partial charge is 0.319 e. The quantitative estimate of drug-likeness (QED) is 0.340. The van der Waals surface area contributed by atoms with Crippen LogP contribution in [0.5, 0.6) is 0 Å². The van der Waals surface area contributed by atoms with Crippen LogP contribution < -0.4 is 16.0 Å². The van der Waals surface area contributed by atoms with Gasteiger partial charge in [-0.05, 0) is 47.4 Å². The average Bonchev–Trinajstić information content (AvgIpc) is 2.85. The van der Waals surface area contributed by atoms with Gasteiger partial charge in [-0.2, -0.15) is 0 Å². The molecule has 2 amide bonds. The number of para-hydroxylation sites is 1. The highest BCUT2D eigenvalue weighted by molar-refractivity contribution is 5.89. The standard InChI is InChI=1S/C27H26N4O/c32-27(30-20-22-7-6-17-28-19-22)31-24-14-12-21(13-15-24)16-18-29-26-11-5-4-10-25(26)23-8-2-1-3-9-23/h1-15,17,19,29H,16,18,20H2,(H2,30,31,32). The van der Waals surface area contributed by atoms with Crippen LogP contribution in [0.3, 0.4) is 0 Å². The fourth-order valence-corrected chi connectivity index (χ4v) is 3.46. The van der Waals surface area contributed by atoms with E-state index >= 15 is 0 Å². The minimum atomic E-state index is -0.235. The molecule has 1 aromatic heterocycles. The summed E-state index contributed by atoms with van der Waals surface area (Å²) in [5.41, 5.74) is 6.45. The number of anilines is 2. The molecule has 5 nitrogen and oxygen atoms in total. The summed E-state index contributed by atoms with van der Waals surface area (Å²) in [5, 5.41) is 9.25. The Labute approximate surface area is 188 Å². The molecular weight excluding hydrogens is 396 g/mol. The maximum atomic E-state index is 12.1. The Morgan fingerprint density at radius 2 is 1.56 bits per heavy atom. The van der Waals surface area contributed by atoms with E-state index in [4.69, 9.17) is 0 Å². The van der Waals surface area contributed by atoms with Crippen LogP contribution >= 0.6 is 0 Å². The molecule has 3 aromatic carbocycles. The molecule has 0 atom stereocenters. The fourth-order valence-electron chi connectivity index (χ4n) is 3.46. The molecule has 1 heterocycles. The van der Waals surface area contributed by atoms with Gasteiger partial charge >= 0.3 is 6.03 Å². The number of rotatable bonds is 8. The largest absolute Gasteiger partial charge is 0.384 e. The Morgan fingerprint density at radius 1 is 0.781 bits per heavy atom. The first-order valence-electron chi connectivity index (χ1n) is 10.7. The van der Waals surface area contributed by atoms with Crippen molar-refractivity contribution < 1.29 is 4.79 Å². The van der Waals surface area contributed by atoms with Crippen molar-refractivity contribution in [1.82, 2.24) is 10.3 Å². The van der Waals surface area contributed by atoms with E-state index in [1.807, 2.05) is 42.5 Å². The van der Waals surface area contributed by atoms with E-state index < -0.39 is 0 Å². The molecule has 4 aromatic rings. The van der Waals surface area contributed by atoms with Crippen LogP contribution in [0.25, 0.3) is 11.1 Å². The van der Waals surface area contributed by atoms with Crippen molar-refractivity contribution in [2.24, 2.45) is 0 Å². The minimum Gasteiger partial charge on any atom is -0.384 e. The topological polar surface area (TPSA) is 66.0 Å². The number of nitrogens with one attached hydrogen (secondary N) is 3. The molecule has 0 aliphatic carbocycles.